The summed E-state index contributed by atoms with van der Waals surface area (Å²) >= 11 is 0. The first-order valence-electron chi connectivity index (χ1n) is 38.0. The summed E-state index contributed by atoms with van der Waals surface area (Å²) in [4.78, 5) is 5.15. The maximum Gasteiger partial charge on any atom is 0.256 e. The third-order valence-electron chi connectivity index (χ3n) is 24.2. The van der Waals surface area contributed by atoms with E-state index in [2.05, 4.69) is 381 Å². The molecule has 4 heterocycles. The Kier molecular flexibility index (Phi) is 13.6. The summed E-state index contributed by atoms with van der Waals surface area (Å²) in [6.07, 6.45) is 0. The van der Waals surface area contributed by atoms with Gasteiger partial charge in [-0.25, -0.2) is 0 Å². The van der Waals surface area contributed by atoms with Crippen LogP contribution >= 0.6 is 0 Å². The van der Waals surface area contributed by atoms with E-state index in [0.29, 0.717) is 0 Å². The zero-order chi connectivity index (χ0) is 72.1. The number of hydrogen-bond donors (Lipinski definition) is 0. The van der Waals surface area contributed by atoms with Crippen LogP contribution in [0.2, 0.25) is 0 Å². The van der Waals surface area contributed by atoms with Crippen LogP contribution in [0, 0.1) is 0 Å². The van der Waals surface area contributed by atoms with Crippen molar-refractivity contribution >= 4 is 91.1 Å². The van der Waals surface area contributed by atoms with Gasteiger partial charge in [-0.1, -0.05) is 305 Å². The second-order valence-corrected chi connectivity index (χ2v) is 33.4. The molecule has 0 saturated carbocycles. The van der Waals surface area contributed by atoms with Gasteiger partial charge in [0.25, 0.3) is 13.4 Å². The Bertz CT molecular complexity index is 6140. The Balaban J connectivity index is 0.850. The normalized spacial score (nSPS) is 14.2. The molecule has 15 aromatic carbocycles. The van der Waals surface area contributed by atoms with E-state index < -0.39 is 5.41 Å². The van der Waals surface area contributed by atoms with E-state index >= 15 is 0 Å². The average Bonchev–Trinajstić information content (AvgIpc) is 1.62. The molecule has 15 aromatic rings. The van der Waals surface area contributed by atoms with E-state index in [0.717, 1.165) is 129 Å². The SMILES string of the molecule is CC(C)(C)c1cc(-c2cc3c4c(c2)N(c2c(-c5ccccc5)cc(C(C)(C)C)cc2-c2ccccc2)c2cc5c(cc2B4c2ccccc2O3)B2c3ccccc3N(c3ccccc3)c3c2c(cc2cc(-c4cccc6c4C4(c7ccccc7-c7ccccc74)c4ccccc4-6)ccc32)O5)cc(C(C)(C)C)c1. The van der Waals surface area contributed by atoms with Crippen LogP contribution in [0.15, 0.2) is 309 Å². The van der Waals surface area contributed by atoms with Crippen LogP contribution in [0.5, 0.6) is 23.0 Å². The summed E-state index contributed by atoms with van der Waals surface area (Å²) in [5, 5.41) is 2.26. The Morgan fingerprint density at radius 2 is 0.785 bits per heavy atom. The zero-order valence-corrected chi connectivity index (χ0v) is 61.8. The van der Waals surface area contributed by atoms with Crippen molar-refractivity contribution in [2.75, 3.05) is 9.80 Å². The van der Waals surface area contributed by atoms with Crippen LogP contribution in [-0.2, 0) is 21.7 Å². The Hall–Kier alpha value is -12.1. The molecule has 0 aromatic heterocycles. The van der Waals surface area contributed by atoms with Crippen molar-refractivity contribution in [2.45, 2.75) is 84.0 Å². The second-order valence-electron chi connectivity index (χ2n) is 33.4. The van der Waals surface area contributed by atoms with Gasteiger partial charge in [0.1, 0.15) is 23.0 Å². The highest BCUT2D eigenvalue weighted by molar-refractivity contribution is 7.02. The van der Waals surface area contributed by atoms with E-state index in [4.69, 9.17) is 9.47 Å². The molecule has 0 N–H and O–H groups in total. The molecule has 6 heteroatoms. The molecule has 0 amide bonds. The summed E-state index contributed by atoms with van der Waals surface area (Å²) in [6.45, 7) is 20.6. The fraction of sp³-hybridized carbons (Fsp3) is 0.129. The number of rotatable bonds is 6. The average molecular weight is 1370 g/mol. The highest BCUT2D eigenvalue weighted by Gasteiger charge is 2.54. The van der Waals surface area contributed by atoms with E-state index in [1.807, 2.05) is 0 Å². The van der Waals surface area contributed by atoms with Gasteiger partial charge < -0.3 is 19.3 Å². The van der Waals surface area contributed by atoms with Crippen molar-refractivity contribution in [3.8, 4) is 89.8 Å². The van der Waals surface area contributed by atoms with Crippen molar-refractivity contribution in [2.24, 2.45) is 0 Å². The highest BCUT2D eigenvalue weighted by Crippen LogP contribution is 2.65. The largest absolute Gasteiger partial charge is 0.458 e. The maximum atomic E-state index is 8.06. The molecule has 0 fully saturated rings. The molecule has 0 unspecified atom stereocenters. The Morgan fingerprint density at radius 3 is 1.42 bits per heavy atom. The topological polar surface area (TPSA) is 24.9 Å². The van der Waals surface area contributed by atoms with Crippen LogP contribution in [0.1, 0.15) is 101 Å². The minimum Gasteiger partial charge on any atom is -0.458 e. The van der Waals surface area contributed by atoms with Crippen molar-refractivity contribution in [3.05, 3.63) is 348 Å². The first kappa shape index (κ1) is 63.4. The fourth-order valence-corrected chi connectivity index (χ4v) is 19.1. The van der Waals surface area contributed by atoms with E-state index in [-0.39, 0.29) is 29.7 Å². The van der Waals surface area contributed by atoms with Crippen LogP contribution < -0.4 is 52.1 Å². The van der Waals surface area contributed by atoms with Gasteiger partial charge in [0.2, 0.25) is 0 Å². The molecule has 0 saturated heterocycles. The van der Waals surface area contributed by atoms with Crippen molar-refractivity contribution in [1.29, 1.82) is 0 Å². The lowest BCUT2D eigenvalue weighted by Gasteiger charge is -2.44. The summed E-state index contributed by atoms with van der Waals surface area (Å²) < 4.78 is 15.6. The number of hydrogen-bond acceptors (Lipinski definition) is 4. The molecule has 107 heavy (non-hydrogen) atoms. The molecule has 1 spiro atoms. The molecule has 6 aliphatic rings. The minimum absolute atomic E-state index is 0.117. The van der Waals surface area contributed by atoms with Crippen molar-refractivity contribution in [1.82, 2.24) is 0 Å². The van der Waals surface area contributed by atoms with Crippen LogP contribution in [-0.4, -0.2) is 13.4 Å². The molecule has 0 atom stereocenters. The molecular weight excluding hydrogens is 1290 g/mol. The van der Waals surface area contributed by atoms with Crippen LogP contribution in [0.25, 0.3) is 77.5 Å². The van der Waals surface area contributed by atoms with Gasteiger partial charge in [0.05, 0.1) is 16.8 Å². The monoisotopic (exact) mass is 1370 g/mol. The fourth-order valence-electron chi connectivity index (χ4n) is 19.1. The lowest BCUT2D eigenvalue weighted by atomic mass is 9.31. The van der Waals surface area contributed by atoms with Gasteiger partial charge in [-0.3, -0.25) is 0 Å². The summed E-state index contributed by atoms with van der Waals surface area (Å²) in [6, 6.07) is 117. The molecule has 0 radical (unpaired) electrons. The van der Waals surface area contributed by atoms with Crippen LogP contribution in [0.3, 0.4) is 0 Å². The van der Waals surface area contributed by atoms with Crippen molar-refractivity contribution < 1.29 is 9.47 Å². The number of ether oxygens (including phenoxy) is 2. The molecule has 510 valence electrons. The van der Waals surface area contributed by atoms with Gasteiger partial charge in [0, 0.05) is 45.3 Å². The molecule has 0 bridgehead atoms. The molecular formula is C101H78B2N2O2. The predicted octanol–water partition coefficient (Wildman–Crippen LogP) is 22.6. The van der Waals surface area contributed by atoms with E-state index in [1.54, 1.807) is 0 Å². The number of para-hydroxylation sites is 3. The lowest BCUT2D eigenvalue weighted by molar-refractivity contribution is 0.487. The maximum absolute atomic E-state index is 8.06. The van der Waals surface area contributed by atoms with E-state index in [9.17, 15) is 0 Å². The molecule has 21 rings (SSSR count). The van der Waals surface area contributed by atoms with Gasteiger partial charge >= 0.3 is 0 Å². The van der Waals surface area contributed by atoms with Crippen LogP contribution in [0.4, 0.5) is 34.1 Å². The standard InChI is InChI=1S/C101H78B2N2O2/c1-98(2,3)67-51-64(52-68(56-67)99(4,5)6)65-53-88-94-91(54-65)106-89-47-28-26-45-83(89)103(94)84-59-85-90(60-87(84)105(88)96-77(61-30-13-10-14-31-61)57-69(100(7,8)9)58-78(96)62-32-15-11-16-33-62)107-92-55-66-50-63(48-49-72(66)97-95(92)102(85)82-44-25-27-46-86(82)104(97)70-34-17-12-18-35-70)71-39-29-40-76-75-38-21-24-43-81(75)101(93(71)76)79-41-22-19-36-73(79)74-37-20-23-42-80(74)101/h10-60H,1-9H3. The number of fused-ring (bicyclic) bond motifs is 20. The number of benzene rings is 15. The summed E-state index contributed by atoms with van der Waals surface area (Å²) in [5.41, 5.74) is 36.1. The van der Waals surface area contributed by atoms with Gasteiger partial charge in [0.15, 0.2) is 0 Å². The minimum atomic E-state index is -0.532. The third-order valence-corrected chi connectivity index (χ3v) is 24.2. The number of anilines is 6. The number of nitrogens with zero attached hydrogens (tertiary/aromatic N) is 2. The second kappa shape index (κ2) is 22.9. The smallest absolute Gasteiger partial charge is 0.256 e. The molecule has 2 aliphatic carbocycles. The first-order valence-corrected chi connectivity index (χ1v) is 38.0. The first-order chi connectivity index (χ1) is 52.0. The Morgan fingerprint density at radius 1 is 0.280 bits per heavy atom. The Labute approximate surface area is 628 Å². The molecule has 4 nitrogen and oxygen atoms in total. The van der Waals surface area contributed by atoms with Gasteiger partial charge in [-0.05, 0) is 210 Å². The summed E-state index contributed by atoms with van der Waals surface area (Å²) in [5.74, 6) is 3.40. The lowest BCUT2D eigenvalue weighted by Crippen LogP contribution is -2.63. The quantitative estimate of drug-likeness (QED) is 0.155. The zero-order valence-electron chi connectivity index (χ0n) is 61.8. The van der Waals surface area contributed by atoms with Gasteiger partial charge in [-0.2, -0.15) is 0 Å². The van der Waals surface area contributed by atoms with Gasteiger partial charge in [-0.15, -0.1) is 0 Å². The molecule has 4 aliphatic heterocycles. The predicted molar refractivity (Wildman–Crippen MR) is 450 cm³/mol. The highest BCUT2D eigenvalue weighted by atomic mass is 16.5. The summed E-state index contributed by atoms with van der Waals surface area (Å²) in [7, 11) is 0. The van der Waals surface area contributed by atoms with E-state index in [1.165, 1.54) is 77.7 Å². The third kappa shape index (κ3) is 9.30. The van der Waals surface area contributed by atoms with Crippen molar-refractivity contribution in [3.63, 3.8) is 0 Å².